The lowest BCUT2D eigenvalue weighted by atomic mass is 10.2. The van der Waals surface area contributed by atoms with Gasteiger partial charge in [-0.25, -0.2) is 4.79 Å². The molecule has 1 N–H and O–H groups in total. The van der Waals surface area contributed by atoms with Gasteiger partial charge < -0.3 is 14.8 Å². The van der Waals surface area contributed by atoms with Crippen LogP contribution in [0, 0.1) is 0 Å². The number of aromatic nitrogens is 1. The number of amides is 1. The van der Waals surface area contributed by atoms with Gasteiger partial charge in [-0.05, 0) is 32.9 Å². The SMILES string of the molecule is CC(C)(C)OC(=O)NC1COc2cccnc21. The van der Waals surface area contributed by atoms with Crippen LogP contribution >= 0.6 is 0 Å². The zero-order valence-electron chi connectivity index (χ0n) is 10.2. The predicted molar refractivity (Wildman–Crippen MR) is 61.8 cm³/mol. The van der Waals surface area contributed by atoms with Crippen molar-refractivity contribution in [1.29, 1.82) is 0 Å². The monoisotopic (exact) mass is 236 g/mol. The second-order valence-electron chi connectivity index (χ2n) is 4.90. The van der Waals surface area contributed by atoms with Crippen LogP contribution in [0.3, 0.4) is 0 Å². The summed E-state index contributed by atoms with van der Waals surface area (Å²) in [5.74, 6) is 0.716. The van der Waals surface area contributed by atoms with Crippen LogP contribution in [0.4, 0.5) is 4.79 Å². The zero-order valence-corrected chi connectivity index (χ0v) is 10.2. The van der Waals surface area contributed by atoms with Gasteiger partial charge in [-0.2, -0.15) is 0 Å². The minimum absolute atomic E-state index is 0.235. The number of nitrogens with one attached hydrogen (secondary N) is 1. The van der Waals surface area contributed by atoms with Gasteiger partial charge in [-0.3, -0.25) is 4.98 Å². The number of carbonyl (C=O) groups is 1. The second-order valence-corrected chi connectivity index (χ2v) is 4.90. The summed E-state index contributed by atoms with van der Waals surface area (Å²) in [4.78, 5) is 15.8. The van der Waals surface area contributed by atoms with E-state index in [4.69, 9.17) is 9.47 Å². The highest BCUT2D eigenvalue weighted by molar-refractivity contribution is 5.68. The van der Waals surface area contributed by atoms with Crippen molar-refractivity contribution < 1.29 is 14.3 Å². The average Bonchev–Trinajstić information content (AvgIpc) is 2.59. The largest absolute Gasteiger partial charge is 0.489 e. The van der Waals surface area contributed by atoms with Gasteiger partial charge in [0.25, 0.3) is 0 Å². The van der Waals surface area contributed by atoms with E-state index >= 15 is 0 Å². The summed E-state index contributed by atoms with van der Waals surface area (Å²) >= 11 is 0. The topological polar surface area (TPSA) is 60.5 Å². The Morgan fingerprint density at radius 2 is 2.35 bits per heavy atom. The zero-order chi connectivity index (χ0) is 12.5. The van der Waals surface area contributed by atoms with Crippen LogP contribution in [-0.4, -0.2) is 23.3 Å². The molecule has 1 aromatic rings. The summed E-state index contributed by atoms with van der Waals surface area (Å²) < 4.78 is 10.6. The van der Waals surface area contributed by atoms with Gasteiger partial charge in [-0.15, -0.1) is 0 Å². The third-order valence-corrected chi connectivity index (χ3v) is 2.23. The molecule has 1 aromatic heterocycles. The van der Waals surface area contributed by atoms with Crippen LogP contribution in [0.5, 0.6) is 5.75 Å². The van der Waals surface area contributed by atoms with Gasteiger partial charge in [0, 0.05) is 6.20 Å². The normalized spacial score (nSPS) is 18.2. The highest BCUT2D eigenvalue weighted by Gasteiger charge is 2.28. The van der Waals surface area contributed by atoms with E-state index in [2.05, 4.69) is 10.3 Å². The lowest BCUT2D eigenvalue weighted by Crippen LogP contribution is -2.35. The molecule has 17 heavy (non-hydrogen) atoms. The van der Waals surface area contributed by atoms with Crippen molar-refractivity contribution in [2.24, 2.45) is 0 Å². The smallest absolute Gasteiger partial charge is 0.408 e. The summed E-state index contributed by atoms with van der Waals surface area (Å²) in [6.45, 7) is 5.86. The third-order valence-electron chi connectivity index (χ3n) is 2.23. The molecule has 0 saturated carbocycles. The molecule has 5 nitrogen and oxygen atoms in total. The van der Waals surface area contributed by atoms with E-state index in [-0.39, 0.29) is 6.04 Å². The first-order valence-electron chi connectivity index (χ1n) is 5.53. The Labute approximate surface area is 100 Å². The number of rotatable bonds is 1. The van der Waals surface area contributed by atoms with Crippen molar-refractivity contribution >= 4 is 6.09 Å². The molecule has 1 aliphatic heterocycles. The van der Waals surface area contributed by atoms with E-state index in [1.165, 1.54) is 0 Å². The Kier molecular flexibility index (Phi) is 2.92. The van der Waals surface area contributed by atoms with E-state index in [1.54, 1.807) is 12.3 Å². The molecule has 1 aliphatic rings. The van der Waals surface area contributed by atoms with Gasteiger partial charge in [0.1, 0.15) is 29.7 Å². The number of hydrogen-bond donors (Lipinski definition) is 1. The lowest BCUT2D eigenvalue weighted by molar-refractivity contribution is 0.0496. The molecule has 2 heterocycles. The molecular weight excluding hydrogens is 220 g/mol. The van der Waals surface area contributed by atoms with Gasteiger partial charge in [0.15, 0.2) is 0 Å². The molecule has 0 aromatic carbocycles. The summed E-state index contributed by atoms with van der Waals surface area (Å²) in [7, 11) is 0. The average molecular weight is 236 g/mol. The Morgan fingerprint density at radius 1 is 1.59 bits per heavy atom. The number of ether oxygens (including phenoxy) is 2. The molecule has 0 radical (unpaired) electrons. The fourth-order valence-electron chi connectivity index (χ4n) is 1.60. The molecular formula is C12H16N2O3. The lowest BCUT2D eigenvalue weighted by Gasteiger charge is -2.21. The fraction of sp³-hybridized carbons (Fsp3) is 0.500. The predicted octanol–water partition coefficient (Wildman–Crippen LogP) is 2.04. The molecule has 0 fully saturated rings. The molecule has 2 rings (SSSR count). The van der Waals surface area contributed by atoms with E-state index < -0.39 is 11.7 Å². The summed E-state index contributed by atoms with van der Waals surface area (Å²) in [6.07, 6.45) is 1.22. The number of nitrogens with zero attached hydrogens (tertiary/aromatic N) is 1. The van der Waals surface area contributed by atoms with E-state index in [0.717, 1.165) is 5.69 Å². The standard InChI is InChI=1S/C12H16N2O3/c1-12(2,3)17-11(15)14-8-7-16-9-5-4-6-13-10(8)9/h4-6,8H,7H2,1-3H3,(H,14,15). The van der Waals surface area contributed by atoms with Gasteiger partial charge in [-0.1, -0.05) is 0 Å². The molecule has 1 atom stereocenters. The van der Waals surface area contributed by atoms with E-state index in [1.807, 2.05) is 26.8 Å². The first-order valence-corrected chi connectivity index (χ1v) is 5.53. The first kappa shape index (κ1) is 11.7. The molecule has 0 aliphatic carbocycles. The third kappa shape index (κ3) is 2.87. The van der Waals surface area contributed by atoms with Crippen LogP contribution < -0.4 is 10.1 Å². The molecule has 5 heteroatoms. The van der Waals surface area contributed by atoms with Crippen LogP contribution in [0.1, 0.15) is 32.5 Å². The van der Waals surface area contributed by atoms with Crippen LogP contribution in [0.15, 0.2) is 18.3 Å². The maximum absolute atomic E-state index is 11.6. The van der Waals surface area contributed by atoms with Crippen molar-refractivity contribution in [3.63, 3.8) is 0 Å². The number of carbonyl (C=O) groups excluding carboxylic acids is 1. The number of fused-ring (bicyclic) bond motifs is 1. The molecule has 1 unspecified atom stereocenters. The number of hydrogen-bond acceptors (Lipinski definition) is 4. The highest BCUT2D eigenvalue weighted by atomic mass is 16.6. The van der Waals surface area contributed by atoms with Crippen molar-refractivity contribution in [3.05, 3.63) is 24.0 Å². The Balaban J connectivity index is 2.00. The fourth-order valence-corrected chi connectivity index (χ4v) is 1.60. The van der Waals surface area contributed by atoms with Crippen LogP contribution in [-0.2, 0) is 4.74 Å². The number of alkyl carbamates (subject to hydrolysis) is 1. The summed E-state index contributed by atoms with van der Waals surface area (Å²) in [5, 5.41) is 2.74. The Morgan fingerprint density at radius 3 is 3.06 bits per heavy atom. The van der Waals surface area contributed by atoms with Crippen LogP contribution in [0.2, 0.25) is 0 Å². The highest BCUT2D eigenvalue weighted by Crippen LogP contribution is 2.29. The van der Waals surface area contributed by atoms with Crippen LogP contribution in [0.25, 0.3) is 0 Å². The molecule has 0 bridgehead atoms. The van der Waals surface area contributed by atoms with Gasteiger partial charge in [0.05, 0.1) is 0 Å². The molecule has 0 spiro atoms. The van der Waals surface area contributed by atoms with Gasteiger partial charge in [0.2, 0.25) is 0 Å². The minimum atomic E-state index is -0.503. The number of pyridine rings is 1. The Bertz CT molecular complexity index is 426. The summed E-state index contributed by atoms with van der Waals surface area (Å²) in [6, 6.07) is 3.40. The Hall–Kier alpha value is -1.78. The van der Waals surface area contributed by atoms with E-state index in [0.29, 0.717) is 12.4 Å². The second kappa shape index (κ2) is 4.24. The van der Waals surface area contributed by atoms with Crippen molar-refractivity contribution in [3.8, 4) is 5.75 Å². The van der Waals surface area contributed by atoms with Crippen molar-refractivity contribution in [2.75, 3.05) is 6.61 Å². The quantitative estimate of drug-likeness (QED) is 0.810. The maximum Gasteiger partial charge on any atom is 0.408 e. The van der Waals surface area contributed by atoms with E-state index in [9.17, 15) is 4.79 Å². The van der Waals surface area contributed by atoms with Crippen molar-refractivity contribution in [2.45, 2.75) is 32.4 Å². The molecule has 1 amide bonds. The van der Waals surface area contributed by atoms with Gasteiger partial charge >= 0.3 is 6.09 Å². The first-order chi connectivity index (χ1) is 7.96. The van der Waals surface area contributed by atoms with Crippen molar-refractivity contribution in [1.82, 2.24) is 10.3 Å². The maximum atomic E-state index is 11.6. The molecule has 0 saturated heterocycles. The summed E-state index contributed by atoms with van der Waals surface area (Å²) in [5.41, 5.74) is 0.245. The molecule has 92 valence electrons. The minimum Gasteiger partial charge on any atom is -0.489 e.